The Labute approximate surface area is 252 Å². The highest BCUT2D eigenvalue weighted by atomic mass is 31.1. The molecule has 0 unspecified atom stereocenters. The molecule has 7 rings (SSSR count). The Morgan fingerprint density at radius 2 is 0.977 bits per heavy atom. The highest BCUT2D eigenvalue weighted by Gasteiger charge is 2.31. The molecule has 2 aliphatic carbocycles. The van der Waals surface area contributed by atoms with Gasteiger partial charge >= 0.3 is 0 Å². The van der Waals surface area contributed by atoms with Crippen LogP contribution in [0.1, 0.15) is 34.6 Å². The van der Waals surface area contributed by atoms with Gasteiger partial charge in [-0.2, -0.15) is 0 Å². The molecule has 216 valence electrons. The third-order valence-corrected chi connectivity index (χ3v) is 9.99. The van der Waals surface area contributed by atoms with Crippen LogP contribution in [0.25, 0.3) is 10.4 Å². The van der Waals surface area contributed by atoms with Crippen LogP contribution in [-0.2, 0) is 12.8 Å². The summed E-state index contributed by atoms with van der Waals surface area (Å²) in [5.41, 5.74) is 17.2. The van der Waals surface area contributed by atoms with Crippen molar-refractivity contribution in [1.82, 2.24) is 0 Å². The second-order valence-corrected chi connectivity index (χ2v) is 12.6. The van der Waals surface area contributed by atoms with Gasteiger partial charge in [-0.15, -0.1) is 0 Å². The second kappa shape index (κ2) is 14.7. The van der Waals surface area contributed by atoms with Gasteiger partial charge in [-0.3, -0.25) is 0 Å². The van der Waals surface area contributed by atoms with E-state index >= 15 is 0 Å². The Hall–Kier alpha value is -4.34. The first-order valence-corrected chi connectivity index (χ1v) is 15.6. The minimum atomic E-state index is -1.13. The lowest BCUT2D eigenvalue weighted by Gasteiger charge is -2.18. The molecule has 0 spiro atoms. The van der Waals surface area contributed by atoms with Crippen molar-refractivity contribution in [2.24, 2.45) is 10.8 Å². The van der Waals surface area contributed by atoms with Crippen molar-refractivity contribution >= 4 is 23.8 Å². The lowest BCUT2D eigenvalue weighted by Crippen LogP contribution is -2.21. The number of benzene rings is 5. The Balaban J connectivity index is 0.000000134. The Kier molecular flexibility index (Phi) is 10.3. The molecular weight excluding hydrogens is 557 g/mol. The molecule has 0 aliphatic heterocycles. The molecular formula is C36H33F2N4P. The summed E-state index contributed by atoms with van der Waals surface area (Å²) in [5.74, 6) is 0. The van der Waals surface area contributed by atoms with E-state index in [1.54, 1.807) is 12.1 Å². The number of halogens is 2. The van der Waals surface area contributed by atoms with E-state index in [1.807, 2.05) is 36.4 Å². The number of alkyl halides is 2. The molecule has 0 radical (unpaired) electrons. The summed E-state index contributed by atoms with van der Waals surface area (Å²) in [5, 5.41) is 7.62. The molecule has 7 heteroatoms. The van der Waals surface area contributed by atoms with Gasteiger partial charge in [0.2, 0.25) is 0 Å². The summed E-state index contributed by atoms with van der Waals surface area (Å²) in [4.78, 5) is 2.64. The molecule has 0 saturated heterocycles. The van der Waals surface area contributed by atoms with Crippen molar-refractivity contribution in [2.45, 2.75) is 37.3 Å². The van der Waals surface area contributed by atoms with E-state index in [-0.39, 0.29) is 6.04 Å². The minimum Gasteiger partial charge on any atom is -0.325 e. The number of hydrogen-bond acceptors (Lipinski definition) is 2. The smallest absolute Gasteiger partial charge is 0.141 e. The fraction of sp³-hybridized carbons (Fsp3) is 0.167. The highest BCUT2D eigenvalue weighted by Crippen LogP contribution is 2.36. The predicted molar refractivity (Wildman–Crippen MR) is 174 cm³/mol. The standard InChI is InChI=1S/C18H15P.C9H8FN3.C9H10FN/c1-4-10-16(11-5-1)19(17-12-6-2-7-13-17)18-14-8-3-9-15-18;10-9-7-4-2-1-3-6(7)5-8(9)12-13-11;10-9-7-4-2-1-3-6(7)5-8(9)11/h1-15H;1-4,8-9H,5H2;1-4,8-9H,5,11H2/t;2*8-,9+/m.00/s1. The maximum Gasteiger partial charge on any atom is 0.141 e. The number of nitrogens with zero attached hydrogens (tertiary/aromatic N) is 3. The van der Waals surface area contributed by atoms with E-state index in [1.165, 1.54) is 15.9 Å². The molecule has 0 fully saturated rings. The first-order valence-electron chi connectivity index (χ1n) is 14.3. The average Bonchev–Trinajstić information content (AvgIpc) is 3.54. The van der Waals surface area contributed by atoms with Gasteiger partial charge in [-0.1, -0.05) is 145 Å². The van der Waals surface area contributed by atoms with E-state index in [0.717, 1.165) is 16.7 Å². The number of nitrogens with two attached hydrogens (primary N) is 1. The van der Waals surface area contributed by atoms with Gasteiger partial charge in [-0.25, -0.2) is 8.78 Å². The molecule has 2 N–H and O–H groups in total. The van der Waals surface area contributed by atoms with Crippen molar-refractivity contribution in [1.29, 1.82) is 0 Å². The third kappa shape index (κ3) is 7.36. The fourth-order valence-electron chi connectivity index (χ4n) is 5.45. The molecule has 0 aromatic heterocycles. The van der Waals surface area contributed by atoms with E-state index in [0.29, 0.717) is 18.4 Å². The number of fused-ring (bicyclic) bond motifs is 2. The number of rotatable bonds is 4. The monoisotopic (exact) mass is 590 g/mol. The highest BCUT2D eigenvalue weighted by molar-refractivity contribution is 7.79. The van der Waals surface area contributed by atoms with Crippen LogP contribution in [0.5, 0.6) is 0 Å². The van der Waals surface area contributed by atoms with Crippen LogP contribution in [0, 0.1) is 0 Å². The van der Waals surface area contributed by atoms with Crippen LogP contribution in [-0.4, -0.2) is 12.1 Å². The van der Waals surface area contributed by atoms with E-state index < -0.39 is 26.3 Å². The van der Waals surface area contributed by atoms with Gasteiger partial charge in [0.25, 0.3) is 0 Å². The van der Waals surface area contributed by atoms with Gasteiger partial charge in [0.1, 0.15) is 12.3 Å². The van der Waals surface area contributed by atoms with Crippen LogP contribution in [0.4, 0.5) is 8.78 Å². The van der Waals surface area contributed by atoms with E-state index in [4.69, 9.17) is 11.3 Å². The largest absolute Gasteiger partial charge is 0.325 e. The molecule has 0 amide bonds. The van der Waals surface area contributed by atoms with Crippen LogP contribution in [0.3, 0.4) is 0 Å². The molecule has 2 aliphatic rings. The minimum absolute atomic E-state index is 0.326. The summed E-state index contributed by atoms with van der Waals surface area (Å²) in [6.07, 6.45) is -0.892. The third-order valence-electron chi connectivity index (χ3n) is 7.55. The zero-order valence-electron chi connectivity index (χ0n) is 23.6. The number of hydrogen-bond donors (Lipinski definition) is 1. The normalized spacial score (nSPS) is 19.5. The van der Waals surface area contributed by atoms with E-state index in [9.17, 15) is 8.78 Å². The van der Waals surface area contributed by atoms with Crippen molar-refractivity contribution in [3.8, 4) is 0 Å². The number of azide groups is 1. The van der Waals surface area contributed by atoms with Gasteiger partial charge < -0.3 is 5.73 Å². The van der Waals surface area contributed by atoms with E-state index in [2.05, 4.69) is 101 Å². The Bertz CT molecular complexity index is 1550. The van der Waals surface area contributed by atoms with Crippen LogP contribution in [0.2, 0.25) is 0 Å². The summed E-state index contributed by atoms with van der Waals surface area (Å²) < 4.78 is 26.7. The first kappa shape index (κ1) is 30.1. The second-order valence-electron chi connectivity index (χ2n) is 10.4. The molecule has 4 nitrogen and oxygen atoms in total. The quantitative estimate of drug-likeness (QED) is 0.0981. The topological polar surface area (TPSA) is 74.8 Å². The first-order chi connectivity index (χ1) is 21.1. The zero-order valence-corrected chi connectivity index (χ0v) is 24.5. The van der Waals surface area contributed by atoms with Gasteiger partial charge in [-0.05, 0) is 64.5 Å². The Morgan fingerprint density at radius 3 is 1.40 bits per heavy atom. The van der Waals surface area contributed by atoms with Crippen LogP contribution in [0.15, 0.2) is 145 Å². The van der Waals surface area contributed by atoms with Crippen molar-refractivity contribution in [2.75, 3.05) is 0 Å². The summed E-state index contributed by atoms with van der Waals surface area (Å²) in [6.45, 7) is 0. The summed E-state index contributed by atoms with van der Waals surface area (Å²) in [6, 6.07) is 46.2. The van der Waals surface area contributed by atoms with Crippen LogP contribution >= 0.6 is 7.92 Å². The van der Waals surface area contributed by atoms with Gasteiger partial charge in [0, 0.05) is 11.0 Å². The molecule has 4 atom stereocenters. The SMILES string of the molecule is N[C@H]1Cc2ccccc2[C@H]1F.[N-]=[N+]=N[C@H]1Cc2ccccc2[C@H]1F.c1ccc(P(c2ccccc2)c2ccccc2)cc1. The molecule has 0 saturated carbocycles. The lowest BCUT2D eigenvalue weighted by molar-refractivity contribution is 0.308. The van der Waals surface area contributed by atoms with Crippen molar-refractivity contribution in [3.63, 3.8) is 0 Å². The predicted octanol–water partition coefficient (Wildman–Crippen LogP) is 7.96. The lowest BCUT2D eigenvalue weighted by atomic mass is 10.1. The molecule has 5 aromatic carbocycles. The summed E-state index contributed by atoms with van der Waals surface area (Å²) >= 11 is 0. The zero-order chi connectivity index (χ0) is 30.0. The maximum absolute atomic E-state index is 13.5. The fourth-order valence-corrected chi connectivity index (χ4v) is 7.75. The Morgan fingerprint density at radius 1 is 0.581 bits per heavy atom. The molecule has 5 aromatic rings. The average molecular weight is 591 g/mol. The molecule has 0 bridgehead atoms. The maximum atomic E-state index is 13.5. The van der Waals surface area contributed by atoms with Crippen molar-refractivity contribution < 1.29 is 8.78 Å². The van der Waals surface area contributed by atoms with Crippen LogP contribution < -0.4 is 21.6 Å². The van der Waals surface area contributed by atoms with Gasteiger partial charge in [0.05, 0.1) is 6.04 Å². The molecule has 43 heavy (non-hydrogen) atoms. The summed E-state index contributed by atoms with van der Waals surface area (Å²) in [7, 11) is -0.446. The van der Waals surface area contributed by atoms with Crippen molar-refractivity contribution in [3.05, 3.63) is 172 Å². The molecule has 0 heterocycles. The van der Waals surface area contributed by atoms with Gasteiger partial charge in [0.15, 0.2) is 0 Å².